The van der Waals surface area contributed by atoms with E-state index in [2.05, 4.69) is 61.4 Å². The number of pyridine rings is 1. The number of halogens is 1. The molecule has 0 saturated carbocycles. The van der Waals surface area contributed by atoms with Gasteiger partial charge in [0.15, 0.2) is 0 Å². The van der Waals surface area contributed by atoms with Crippen molar-refractivity contribution in [3.8, 4) is 0 Å². The van der Waals surface area contributed by atoms with Crippen molar-refractivity contribution in [2.24, 2.45) is 0 Å². The van der Waals surface area contributed by atoms with Crippen LogP contribution in [0.3, 0.4) is 0 Å². The predicted molar refractivity (Wildman–Crippen MR) is 123 cm³/mol. The molecule has 0 unspecified atom stereocenters. The van der Waals surface area contributed by atoms with Gasteiger partial charge in [-0.3, -0.25) is 4.98 Å². The number of rotatable bonds is 7. The zero-order valence-corrected chi connectivity index (χ0v) is 18.0. The van der Waals surface area contributed by atoms with Crippen molar-refractivity contribution in [2.75, 3.05) is 43.4 Å². The molecule has 0 atom stereocenters. The Balaban J connectivity index is 1.35. The van der Waals surface area contributed by atoms with Gasteiger partial charge in [-0.05, 0) is 62.7 Å². The van der Waals surface area contributed by atoms with Crippen molar-refractivity contribution in [2.45, 2.75) is 19.3 Å². The molecule has 0 radical (unpaired) electrons. The molecule has 0 spiro atoms. The Morgan fingerprint density at radius 1 is 0.967 bits per heavy atom. The van der Waals surface area contributed by atoms with Crippen molar-refractivity contribution in [3.63, 3.8) is 0 Å². The Bertz CT molecular complexity index is 940. The number of benzene rings is 1. The van der Waals surface area contributed by atoms with Gasteiger partial charge in [0.2, 0.25) is 5.95 Å². The number of nitrogens with zero attached hydrogens (tertiary/aromatic N) is 5. The van der Waals surface area contributed by atoms with Crippen molar-refractivity contribution < 1.29 is 0 Å². The lowest BCUT2D eigenvalue weighted by Crippen LogP contribution is -2.44. The first-order valence-electron chi connectivity index (χ1n) is 10.4. The quantitative estimate of drug-likeness (QED) is 0.616. The van der Waals surface area contributed by atoms with E-state index in [0.717, 1.165) is 62.5 Å². The number of hydrogen-bond donors (Lipinski definition) is 1. The Morgan fingerprint density at radius 3 is 2.50 bits per heavy atom. The fourth-order valence-electron chi connectivity index (χ4n) is 3.57. The average Bonchev–Trinajstić information content (AvgIpc) is 2.78. The molecule has 1 N–H and O–H groups in total. The molecule has 0 aliphatic carbocycles. The summed E-state index contributed by atoms with van der Waals surface area (Å²) in [5.41, 5.74) is 4.16. The van der Waals surface area contributed by atoms with E-state index in [1.807, 2.05) is 24.4 Å². The van der Waals surface area contributed by atoms with E-state index < -0.39 is 0 Å². The van der Waals surface area contributed by atoms with Gasteiger partial charge in [0.05, 0.1) is 16.9 Å². The second kappa shape index (κ2) is 9.87. The molecule has 3 aromatic rings. The van der Waals surface area contributed by atoms with Crippen LogP contribution in [0.4, 0.5) is 17.3 Å². The van der Waals surface area contributed by atoms with Crippen LogP contribution < -0.4 is 10.2 Å². The zero-order chi connectivity index (χ0) is 20.8. The highest BCUT2D eigenvalue weighted by Gasteiger charge is 2.14. The van der Waals surface area contributed by atoms with Crippen molar-refractivity contribution in [1.29, 1.82) is 0 Å². The van der Waals surface area contributed by atoms with Crippen LogP contribution in [0.1, 0.15) is 17.8 Å². The monoisotopic (exact) mass is 422 g/mol. The van der Waals surface area contributed by atoms with Crippen molar-refractivity contribution in [3.05, 3.63) is 71.3 Å². The lowest BCUT2D eigenvalue weighted by Gasteiger charge is -2.34. The first-order valence-corrected chi connectivity index (χ1v) is 10.8. The largest absolute Gasteiger partial charge is 0.369 e. The van der Waals surface area contributed by atoms with Gasteiger partial charge in [0.1, 0.15) is 0 Å². The van der Waals surface area contributed by atoms with Crippen molar-refractivity contribution >= 4 is 28.9 Å². The summed E-state index contributed by atoms with van der Waals surface area (Å²) in [6.45, 7) is 4.32. The number of anilines is 3. The molecule has 4 rings (SSSR count). The third kappa shape index (κ3) is 5.46. The molecule has 1 aromatic carbocycles. The van der Waals surface area contributed by atoms with Gasteiger partial charge in [0, 0.05) is 49.4 Å². The van der Waals surface area contributed by atoms with Gasteiger partial charge in [0.25, 0.3) is 0 Å². The van der Waals surface area contributed by atoms with Crippen LogP contribution in [-0.2, 0) is 12.8 Å². The molecule has 1 saturated heterocycles. The van der Waals surface area contributed by atoms with Crippen LogP contribution in [-0.4, -0.2) is 53.1 Å². The number of aromatic nitrogens is 3. The summed E-state index contributed by atoms with van der Waals surface area (Å²) in [5.74, 6) is 0.569. The van der Waals surface area contributed by atoms with E-state index in [0.29, 0.717) is 11.0 Å². The van der Waals surface area contributed by atoms with Crippen molar-refractivity contribution in [1.82, 2.24) is 19.9 Å². The van der Waals surface area contributed by atoms with Crippen LogP contribution in [0.2, 0.25) is 5.02 Å². The van der Waals surface area contributed by atoms with Gasteiger partial charge < -0.3 is 15.1 Å². The van der Waals surface area contributed by atoms with Crippen LogP contribution in [0.15, 0.2) is 54.9 Å². The minimum atomic E-state index is 0.569. The third-order valence-electron chi connectivity index (χ3n) is 5.38. The molecule has 1 aliphatic heterocycles. The van der Waals surface area contributed by atoms with Crippen LogP contribution in [0.5, 0.6) is 0 Å². The normalized spacial score (nSPS) is 14.7. The molecule has 0 bridgehead atoms. The number of nitrogens with one attached hydrogen (secondary N) is 1. The summed E-state index contributed by atoms with van der Waals surface area (Å²) in [6, 6.07) is 14.4. The van der Waals surface area contributed by atoms with E-state index in [1.54, 1.807) is 6.20 Å². The molecule has 156 valence electrons. The average molecular weight is 423 g/mol. The highest BCUT2D eigenvalue weighted by Crippen LogP contribution is 2.22. The SMILES string of the molecule is CN1CCN(c2ccc(Nc3ncc(Cl)c(CCCc4ccccn4)n3)cc2)CC1. The summed E-state index contributed by atoms with van der Waals surface area (Å²) in [7, 11) is 2.17. The van der Waals surface area contributed by atoms with Gasteiger partial charge >= 0.3 is 0 Å². The second-order valence-electron chi connectivity index (χ2n) is 7.63. The molecule has 1 fully saturated rings. The summed E-state index contributed by atoms with van der Waals surface area (Å²) in [5, 5.41) is 3.90. The Hall–Kier alpha value is -2.70. The Kier molecular flexibility index (Phi) is 6.77. The highest BCUT2D eigenvalue weighted by atomic mass is 35.5. The van der Waals surface area contributed by atoms with Gasteiger partial charge in [-0.15, -0.1) is 0 Å². The minimum absolute atomic E-state index is 0.569. The number of aryl methyl sites for hydroxylation is 2. The maximum atomic E-state index is 6.32. The van der Waals surface area contributed by atoms with Crippen LogP contribution >= 0.6 is 11.6 Å². The maximum Gasteiger partial charge on any atom is 0.227 e. The summed E-state index contributed by atoms with van der Waals surface area (Å²) in [6.07, 6.45) is 6.12. The molecule has 30 heavy (non-hydrogen) atoms. The summed E-state index contributed by atoms with van der Waals surface area (Å²) in [4.78, 5) is 18.1. The number of likely N-dealkylation sites (N-methyl/N-ethyl adjacent to an activating group) is 1. The number of piperazine rings is 1. The highest BCUT2D eigenvalue weighted by molar-refractivity contribution is 6.31. The standard InChI is InChI=1S/C23H27ClN6/c1-29-13-15-30(16-14-29)20-10-8-19(9-11-20)27-23-26-17-21(24)22(28-23)7-4-6-18-5-2-3-12-25-18/h2-3,5,8-12,17H,4,6-7,13-16H2,1H3,(H,26,27,28). The molecule has 0 amide bonds. The minimum Gasteiger partial charge on any atom is -0.369 e. The molecule has 7 heteroatoms. The van der Waals surface area contributed by atoms with E-state index in [-0.39, 0.29) is 0 Å². The van der Waals surface area contributed by atoms with E-state index in [9.17, 15) is 0 Å². The lowest BCUT2D eigenvalue weighted by atomic mass is 10.1. The molecule has 2 aromatic heterocycles. The molecular weight excluding hydrogens is 396 g/mol. The zero-order valence-electron chi connectivity index (χ0n) is 17.3. The molecule has 6 nitrogen and oxygen atoms in total. The van der Waals surface area contributed by atoms with Gasteiger partial charge in [-0.2, -0.15) is 0 Å². The van der Waals surface area contributed by atoms with Crippen LogP contribution in [0.25, 0.3) is 0 Å². The lowest BCUT2D eigenvalue weighted by molar-refractivity contribution is 0.313. The third-order valence-corrected chi connectivity index (χ3v) is 5.70. The first-order chi connectivity index (χ1) is 14.7. The molecule has 1 aliphatic rings. The summed E-state index contributed by atoms with van der Waals surface area (Å²) < 4.78 is 0. The first kappa shape index (κ1) is 20.6. The van der Waals surface area contributed by atoms with E-state index >= 15 is 0 Å². The fraction of sp³-hybridized carbons (Fsp3) is 0.348. The molecule has 3 heterocycles. The number of hydrogen-bond acceptors (Lipinski definition) is 6. The Morgan fingerprint density at radius 2 is 1.77 bits per heavy atom. The van der Waals surface area contributed by atoms with E-state index in [4.69, 9.17) is 11.6 Å². The Labute approximate surface area is 182 Å². The molecular formula is C23H27ClN6. The predicted octanol–water partition coefficient (Wildman–Crippen LogP) is 4.20. The fourth-order valence-corrected chi connectivity index (χ4v) is 3.76. The van der Waals surface area contributed by atoms with Crippen LogP contribution in [0, 0.1) is 0 Å². The summed E-state index contributed by atoms with van der Waals surface area (Å²) >= 11 is 6.32. The second-order valence-corrected chi connectivity index (χ2v) is 8.03. The topological polar surface area (TPSA) is 57.2 Å². The van der Waals surface area contributed by atoms with Gasteiger partial charge in [-0.1, -0.05) is 17.7 Å². The van der Waals surface area contributed by atoms with E-state index in [1.165, 1.54) is 5.69 Å². The maximum absolute atomic E-state index is 6.32. The smallest absolute Gasteiger partial charge is 0.227 e. The van der Waals surface area contributed by atoms with Gasteiger partial charge in [-0.25, -0.2) is 9.97 Å².